The summed E-state index contributed by atoms with van der Waals surface area (Å²) in [5.41, 5.74) is 12.5. The first-order chi connectivity index (χ1) is 13.5. The van der Waals surface area contributed by atoms with Crippen molar-refractivity contribution in [2.24, 2.45) is 29.2 Å². The lowest BCUT2D eigenvalue weighted by molar-refractivity contribution is 0.0396. The number of hydrogen-bond donors (Lipinski definition) is 2. The maximum atomic E-state index is 6.26. The van der Waals surface area contributed by atoms with E-state index in [1.165, 1.54) is 90.6 Å². The quantitative estimate of drug-likeness (QED) is 0.598. The number of rotatable bonds is 8. The van der Waals surface area contributed by atoms with Crippen LogP contribution in [-0.2, 0) is 0 Å². The van der Waals surface area contributed by atoms with Gasteiger partial charge in [-0.1, -0.05) is 51.7 Å². The van der Waals surface area contributed by atoms with Crippen LogP contribution in [0, 0.1) is 17.8 Å². The zero-order valence-corrected chi connectivity index (χ0v) is 19.1. The van der Waals surface area contributed by atoms with Crippen LogP contribution in [0.25, 0.3) is 0 Å². The molecule has 0 saturated heterocycles. The van der Waals surface area contributed by atoms with E-state index in [1.807, 2.05) is 0 Å². The fraction of sp³-hybridized carbons (Fsp3) is 1.00. The molecule has 3 rings (SSSR count). The van der Waals surface area contributed by atoms with Crippen molar-refractivity contribution in [3.8, 4) is 0 Å². The Balaban J connectivity index is 1.69. The number of nitrogens with two attached hydrogens (primary N) is 2. The molecule has 0 aromatic rings. The van der Waals surface area contributed by atoms with E-state index < -0.39 is 0 Å². The van der Waals surface area contributed by atoms with Crippen LogP contribution in [0.5, 0.6) is 0 Å². The molecule has 3 fully saturated rings. The lowest BCUT2D eigenvalue weighted by Crippen LogP contribution is -2.52. The van der Waals surface area contributed by atoms with Gasteiger partial charge in [-0.05, 0) is 76.2 Å². The van der Waals surface area contributed by atoms with Gasteiger partial charge in [0.15, 0.2) is 0 Å². The van der Waals surface area contributed by atoms with Crippen molar-refractivity contribution in [1.29, 1.82) is 0 Å². The molecule has 3 aliphatic carbocycles. The summed E-state index contributed by atoms with van der Waals surface area (Å²) in [6, 6.07) is 2.39. The summed E-state index contributed by atoms with van der Waals surface area (Å²) in [6.45, 7) is 4.92. The highest BCUT2D eigenvalue weighted by molar-refractivity contribution is 6.37. The first-order valence-corrected chi connectivity index (χ1v) is 12.7. The summed E-state index contributed by atoms with van der Waals surface area (Å²) in [5, 5.41) is 0. The summed E-state index contributed by atoms with van der Waals surface area (Å²) in [5.74, 6) is 3.43. The highest BCUT2D eigenvalue weighted by atomic mass is 15.2. The third kappa shape index (κ3) is 5.98. The van der Waals surface area contributed by atoms with Crippen molar-refractivity contribution in [3.63, 3.8) is 0 Å². The second-order valence-electron chi connectivity index (χ2n) is 11.0. The normalized spacial score (nSPS) is 34.7. The zero-order chi connectivity index (χ0) is 20.1. The molecule has 0 aromatic heterocycles. The van der Waals surface area contributed by atoms with Gasteiger partial charge in [-0.25, -0.2) is 0 Å². The second kappa shape index (κ2) is 10.8. The van der Waals surface area contributed by atoms with Crippen molar-refractivity contribution in [1.82, 2.24) is 4.90 Å². The Morgan fingerprint density at radius 2 is 1.29 bits per heavy atom. The van der Waals surface area contributed by atoms with Gasteiger partial charge in [-0.2, -0.15) is 0 Å². The highest BCUT2D eigenvalue weighted by Gasteiger charge is 2.37. The molecule has 0 radical (unpaired) electrons. The maximum absolute atomic E-state index is 6.26. The van der Waals surface area contributed by atoms with Crippen molar-refractivity contribution in [2.45, 2.75) is 127 Å². The lowest BCUT2D eigenvalue weighted by Gasteiger charge is -2.47. The molecule has 0 aliphatic heterocycles. The standard InChI is InChI=1S/C24H48BN3/c1-17(2)24(19-10-14-22(27)15-11-19)28(3)23(16-25-20-6-4-5-7-20)18-8-12-21(26)13-9-18/h17-25H,4-16,26-27H2,1-3H3. The summed E-state index contributed by atoms with van der Waals surface area (Å²) < 4.78 is 0. The minimum absolute atomic E-state index is 0.451. The lowest BCUT2D eigenvalue weighted by atomic mass is 9.57. The molecule has 0 heterocycles. The average Bonchev–Trinajstić information content (AvgIpc) is 3.18. The average molecular weight is 389 g/mol. The summed E-state index contributed by atoms with van der Waals surface area (Å²) in [6.07, 6.45) is 17.6. The molecule has 0 amide bonds. The van der Waals surface area contributed by atoms with Gasteiger partial charge in [0, 0.05) is 24.2 Å². The molecule has 0 bridgehead atoms. The van der Waals surface area contributed by atoms with Gasteiger partial charge in [0.2, 0.25) is 0 Å². The number of hydrogen-bond acceptors (Lipinski definition) is 3. The van der Waals surface area contributed by atoms with E-state index in [2.05, 4.69) is 25.8 Å². The molecule has 2 unspecified atom stereocenters. The molecule has 28 heavy (non-hydrogen) atoms. The molecule has 0 aromatic carbocycles. The minimum atomic E-state index is 0.451. The van der Waals surface area contributed by atoms with E-state index in [9.17, 15) is 0 Å². The van der Waals surface area contributed by atoms with Crippen LogP contribution in [0.4, 0.5) is 0 Å². The molecule has 3 aliphatic rings. The largest absolute Gasteiger partial charge is 0.328 e. The monoisotopic (exact) mass is 389 g/mol. The zero-order valence-electron chi connectivity index (χ0n) is 19.1. The Bertz CT molecular complexity index is 435. The van der Waals surface area contributed by atoms with Gasteiger partial charge >= 0.3 is 0 Å². The Morgan fingerprint density at radius 3 is 1.79 bits per heavy atom. The molecular weight excluding hydrogens is 341 g/mol. The van der Waals surface area contributed by atoms with E-state index in [-0.39, 0.29) is 0 Å². The molecule has 3 saturated carbocycles. The van der Waals surface area contributed by atoms with Crippen molar-refractivity contribution in [3.05, 3.63) is 0 Å². The molecule has 3 nitrogen and oxygen atoms in total. The summed E-state index contributed by atoms with van der Waals surface area (Å²) >= 11 is 0. The SMILES string of the molecule is CC(C)C(C1CCC(N)CC1)N(C)C(CBC1CCCC1)C1CCC(N)CC1. The fourth-order valence-corrected chi connectivity index (χ4v) is 7.06. The smallest absolute Gasteiger partial charge is 0.126 e. The van der Waals surface area contributed by atoms with Crippen LogP contribution in [-0.4, -0.2) is 43.4 Å². The van der Waals surface area contributed by atoms with Crippen LogP contribution in [0.15, 0.2) is 0 Å². The van der Waals surface area contributed by atoms with Gasteiger partial charge in [-0.3, -0.25) is 0 Å². The Kier molecular flexibility index (Phi) is 8.74. The summed E-state index contributed by atoms with van der Waals surface area (Å²) in [4.78, 5) is 2.88. The van der Waals surface area contributed by atoms with E-state index in [4.69, 9.17) is 11.5 Å². The maximum Gasteiger partial charge on any atom is 0.126 e. The number of nitrogens with zero attached hydrogens (tertiary/aromatic N) is 1. The molecule has 4 N–H and O–H groups in total. The van der Waals surface area contributed by atoms with Gasteiger partial charge < -0.3 is 16.4 Å². The molecule has 162 valence electrons. The van der Waals surface area contributed by atoms with Crippen LogP contribution in [0.2, 0.25) is 12.1 Å². The van der Waals surface area contributed by atoms with E-state index in [0.717, 1.165) is 35.7 Å². The third-order valence-electron chi connectivity index (χ3n) is 8.68. The van der Waals surface area contributed by atoms with Crippen LogP contribution in [0.1, 0.15) is 90.9 Å². The van der Waals surface area contributed by atoms with Crippen LogP contribution < -0.4 is 11.5 Å². The molecule has 2 atom stereocenters. The second-order valence-corrected chi connectivity index (χ2v) is 11.0. The predicted molar refractivity (Wildman–Crippen MR) is 124 cm³/mol. The Hall–Kier alpha value is -0.0551. The van der Waals surface area contributed by atoms with Crippen molar-refractivity contribution >= 4 is 7.28 Å². The molecule has 0 spiro atoms. The van der Waals surface area contributed by atoms with Gasteiger partial charge in [0.05, 0.1) is 0 Å². The van der Waals surface area contributed by atoms with Gasteiger partial charge in [-0.15, -0.1) is 0 Å². The van der Waals surface area contributed by atoms with Gasteiger partial charge in [0.1, 0.15) is 7.28 Å². The van der Waals surface area contributed by atoms with E-state index in [0.29, 0.717) is 12.1 Å². The fourth-order valence-electron chi connectivity index (χ4n) is 7.06. The van der Waals surface area contributed by atoms with Gasteiger partial charge in [0.25, 0.3) is 0 Å². The van der Waals surface area contributed by atoms with Crippen molar-refractivity contribution < 1.29 is 0 Å². The molecule has 4 heteroatoms. The van der Waals surface area contributed by atoms with E-state index in [1.54, 1.807) is 0 Å². The topological polar surface area (TPSA) is 55.3 Å². The Labute approximate surface area is 176 Å². The van der Waals surface area contributed by atoms with Crippen molar-refractivity contribution in [2.75, 3.05) is 7.05 Å². The van der Waals surface area contributed by atoms with E-state index >= 15 is 0 Å². The van der Waals surface area contributed by atoms with Crippen LogP contribution in [0.3, 0.4) is 0 Å². The third-order valence-corrected chi connectivity index (χ3v) is 8.68. The minimum Gasteiger partial charge on any atom is -0.328 e. The molecular formula is C24H48BN3. The predicted octanol–water partition coefficient (Wildman–Crippen LogP) is 4.56. The highest BCUT2D eigenvalue weighted by Crippen LogP contribution is 2.38. The Morgan fingerprint density at radius 1 is 0.786 bits per heavy atom. The first kappa shape index (κ1) is 22.6. The summed E-state index contributed by atoms with van der Waals surface area (Å²) in [7, 11) is 3.94. The van der Waals surface area contributed by atoms with Crippen LogP contribution >= 0.6 is 0 Å². The first-order valence-electron chi connectivity index (χ1n) is 12.7.